The molecule has 3 unspecified atom stereocenters. The number of thiol groups is 1. The van der Waals surface area contributed by atoms with Crippen molar-refractivity contribution in [2.24, 2.45) is 34.5 Å². The molecule has 1 saturated heterocycles. The highest BCUT2D eigenvalue weighted by atomic mass is 32.1. The first-order chi connectivity index (χ1) is 12.4. The molecule has 0 radical (unpaired) electrons. The molecule has 4 aliphatic carbocycles. The zero-order valence-corrected chi connectivity index (χ0v) is 17.0. The van der Waals surface area contributed by atoms with Crippen molar-refractivity contribution in [3.8, 4) is 0 Å². The smallest absolute Gasteiger partial charge is 0.174 e. The Bertz CT molecular complexity index is 564. The average molecular weight is 383 g/mol. The van der Waals surface area contributed by atoms with Crippen LogP contribution in [0.4, 0.5) is 0 Å². The molecule has 1 heterocycles. The van der Waals surface area contributed by atoms with Crippen molar-refractivity contribution in [3.63, 3.8) is 0 Å². The monoisotopic (exact) mass is 382 g/mol. The summed E-state index contributed by atoms with van der Waals surface area (Å²) in [7, 11) is 0. The maximum Gasteiger partial charge on any atom is 0.174 e. The Morgan fingerprint density at radius 3 is 2.54 bits per heavy atom. The minimum Gasteiger partial charge on any atom is -0.393 e. The van der Waals surface area contributed by atoms with Gasteiger partial charge in [-0.25, -0.2) is 0 Å². The third kappa shape index (κ3) is 2.24. The third-order valence-electron chi connectivity index (χ3n) is 9.50. The van der Waals surface area contributed by atoms with Crippen LogP contribution in [0.3, 0.4) is 0 Å². The van der Waals surface area contributed by atoms with E-state index in [9.17, 15) is 5.11 Å². The average Bonchev–Trinajstić information content (AvgIpc) is 3.20. The predicted octanol–water partition coefficient (Wildman–Crippen LogP) is 3.97. The Kier molecular flexibility index (Phi) is 4.27. The van der Waals surface area contributed by atoms with Crippen LogP contribution < -0.4 is 0 Å². The lowest BCUT2D eigenvalue weighted by molar-refractivity contribution is -0.264. The summed E-state index contributed by atoms with van der Waals surface area (Å²) in [6.45, 7) is 6.21. The van der Waals surface area contributed by atoms with E-state index in [1.165, 1.54) is 19.3 Å². The van der Waals surface area contributed by atoms with Crippen LogP contribution in [0.15, 0.2) is 0 Å². The summed E-state index contributed by atoms with van der Waals surface area (Å²) in [4.78, 5) is 0. The van der Waals surface area contributed by atoms with Crippen LogP contribution in [0, 0.1) is 34.5 Å². The van der Waals surface area contributed by atoms with Gasteiger partial charge in [0, 0.05) is 11.8 Å². The molecule has 0 amide bonds. The number of aliphatic hydroxyl groups excluding tert-OH is 1. The first-order valence-electron chi connectivity index (χ1n) is 10.7. The standard InChI is InChI=1S/C21H34O4S/c1-19-7-5-14(25-26)11-13(19)3-4-15-16-6-8-21(23-9-10-24-21)20(16,2)12-17(22)18(15)19/h13-18,22,26H,3-12H2,1-2H3/t13-,14-,15?,16?,17+,18?,19+,20+/m1/s1. The van der Waals surface area contributed by atoms with Gasteiger partial charge in [0.25, 0.3) is 0 Å². The van der Waals surface area contributed by atoms with E-state index in [2.05, 4.69) is 26.8 Å². The molecule has 148 valence electrons. The van der Waals surface area contributed by atoms with Crippen LogP contribution in [-0.2, 0) is 13.7 Å². The highest BCUT2D eigenvalue weighted by Gasteiger charge is 2.69. The Labute approximate surface area is 163 Å². The van der Waals surface area contributed by atoms with E-state index in [-0.39, 0.29) is 23.0 Å². The number of ether oxygens (including phenoxy) is 2. The van der Waals surface area contributed by atoms with E-state index in [0.717, 1.165) is 32.1 Å². The van der Waals surface area contributed by atoms with Gasteiger partial charge >= 0.3 is 0 Å². The van der Waals surface area contributed by atoms with Gasteiger partial charge in [0.15, 0.2) is 5.79 Å². The van der Waals surface area contributed by atoms with Crippen molar-refractivity contribution in [1.29, 1.82) is 0 Å². The van der Waals surface area contributed by atoms with Gasteiger partial charge in [-0.05, 0) is 86.9 Å². The van der Waals surface area contributed by atoms with Gasteiger partial charge in [-0.3, -0.25) is 0 Å². The summed E-state index contributed by atoms with van der Waals surface area (Å²) in [5.41, 5.74) is 0.193. The summed E-state index contributed by atoms with van der Waals surface area (Å²) < 4.78 is 17.8. The summed E-state index contributed by atoms with van der Waals surface area (Å²) in [6, 6.07) is 0. The predicted molar refractivity (Wildman–Crippen MR) is 102 cm³/mol. The molecule has 0 aromatic heterocycles. The van der Waals surface area contributed by atoms with Gasteiger partial charge < -0.3 is 18.8 Å². The SMILES string of the molecule is C[C@]12C[C@H](O)C3C(CC[C@@H]4C[C@H](OS)CC[C@]34C)C1CCC21OCCO1. The maximum atomic E-state index is 11.4. The number of rotatable bonds is 1. The number of fused-ring (bicyclic) bond motifs is 6. The third-order valence-corrected chi connectivity index (χ3v) is 9.79. The van der Waals surface area contributed by atoms with Gasteiger partial charge in [0.2, 0.25) is 0 Å². The lowest BCUT2D eigenvalue weighted by atomic mass is 9.44. The van der Waals surface area contributed by atoms with Gasteiger partial charge in [0.05, 0.1) is 25.4 Å². The van der Waals surface area contributed by atoms with Crippen molar-refractivity contribution in [1.82, 2.24) is 0 Å². The van der Waals surface area contributed by atoms with Crippen LogP contribution in [0.2, 0.25) is 0 Å². The molecule has 4 nitrogen and oxygen atoms in total. The van der Waals surface area contributed by atoms with E-state index in [1.807, 2.05) is 0 Å². The van der Waals surface area contributed by atoms with Crippen molar-refractivity contribution < 1.29 is 18.8 Å². The van der Waals surface area contributed by atoms with Crippen LogP contribution in [0.5, 0.6) is 0 Å². The minimum atomic E-state index is -0.432. The largest absolute Gasteiger partial charge is 0.393 e. The molecule has 0 bridgehead atoms. The summed E-state index contributed by atoms with van der Waals surface area (Å²) in [6.07, 6.45) is 8.89. The van der Waals surface area contributed by atoms with Crippen molar-refractivity contribution in [3.05, 3.63) is 0 Å². The molecular formula is C21H34O4S. The fourth-order valence-corrected chi connectivity index (χ4v) is 8.51. The minimum absolute atomic E-state index is 0.0430. The molecule has 5 rings (SSSR count). The molecule has 0 aromatic carbocycles. The fourth-order valence-electron chi connectivity index (χ4n) is 8.32. The van der Waals surface area contributed by atoms with Gasteiger partial charge in [-0.1, -0.05) is 13.8 Å². The van der Waals surface area contributed by atoms with Crippen molar-refractivity contribution >= 4 is 12.9 Å². The second-order valence-corrected chi connectivity index (χ2v) is 10.5. The first kappa shape index (κ1) is 18.2. The van der Waals surface area contributed by atoms with E-state index < -0.39 is 5.79 Å². The number of hydrogen-bond donors (Lipinski definition) is 2. The zero-order valence-electron chi connectivity index (χ0n) is 16.2. The van der Waals surface area contributed by atoms with Crippen molar-refractivity contribution in [2.45, 2.75) is 83.2 Å². The lowest BCUT2D eigenvalue weighted by Gasteiger charge is -2.62. The Morgan fingerprint density at radius 1 is 1.04 bits per heavy atom. The Balaban J connectivity index is 1.47. The van der Waals surface area contributed by atoms with Gasteiger partial charge in [0.1, 0.15) is 0 Å². The van der Waals surface area contributed by atoms with Crippen LogP contribution in [0.25, 0.3) is 0 Å². The molecule has 1 spiro atoms. The lowest BCUT2D eigenvalue weighted by Crippen LogP contribution is -2.61. The zero-order chi connectivity index (χ0) is 18.2. The summed E-state index contributed by atoms with van der Waals surface area (Å²) in [5.74, 6) is 1.86. The second kappa shape index (κ2) is 6.09. The second-order valence-electron chi connectivity index (χ2n) is 10.3. The summed E-state index contributed by atoms with van der Waals surface area (Å²) >= 11 is 4.09. The fraction of sp³-hybridized carbons (Fsp3) is 1.00. The van der Waals surface area contributed by atoms with Gasteiger partial charge in [-0.2, -0.15) is 0 Å². The van der Waals surface area contributed by atoms with E-state index in [0.29, 0.717) is 36.9 Å². The molecule has 1 N–H and O–H groups in total. The van der Waals surface area contributed by atoms with Crippen LogP contribution >= 0.6 is 12.9 Å². The summed E-state index contributed by atoms with van der Waals surface area (Å²) in [5, 5.41) is 11.4. The molecule has 26 heavy (non-hydrogen) atoms. The van der Waals surface area contributed by atoms with Gasteiger partial charge in [-0.15, -0.1) is 0 Å². The molecule has 0 aromatic rings. The molecule has 5 fully saturated rings. The molecule has 5 aliphatic rings. The quantitative estimate of drug-likeness (QED) is 0.532. The molecule has 5 heteroatoms. The normalized spacial score (nSPS) is 55.4. The first-order valence-corrected chi connectivity index (χ1v) is 11.1. The topological polar surface area (TPSA) is 47.9 Å². The molecular weight excluding hydrogens is 348 g/mol. The van der Waals surface area contributed by atoms with Crippen LogP contribution in [-0.4, -0.2) is 36.3 Å². The van der Waals surface area contributed by atoms with Crippen molar-refractivity contribution in [2.75, 3.05) is 13.2 Å². The Morgan fingerprint density at radius 2 is 1.81 bits per heavy atom. The molecule has 1 aliphatic heterocycles. The molecule has 8 atom stereocenters. The Hall–Kier alpha value is 0.190. The highest BCUT2D eigenvalue weighted by molar-refractivity contribution is 7.75. The van der Waals surface area contributed by atoms with E-state index in [4.69, 9.17) is 13.7 Å². The maximum absolute atomic E-state index is 11.4. The highest BCUT2D eigenvalue weighted by Crippen LogP contribution is 2.69. The number of hydrogen-bond acceptors (Lipinski definition) is 5. The van der Waals surface area contributed by atoms with E-state index >= 15 is 0 Å². The molecule has 4 saturated carbocycles. The van der Waals surface area contributed by atoms with E-state index in [1.54, 1.807) is 0 Å². The van der Waals surface area contributed by atoms with Crippen LogP contribution in [0.1, 0.15) is 65.2 Å². The number of aliphatic hydroxyl groups is 1.